The first-order valence-corrected chi connectivity index (χ1v) is 5.08. The maximum absolute atomic E-state index is 6.16. The molecule has 0 aliphatic heterocycles. The van der Waals surface area contributed by atoms with Gasteiger partial charge in [-0.25, -0.2) is 0 Å². The molecule has 1 N–H and O–H groups in total. The summed E-state index contributed by atoms with van der Waals surface area (Å²) in [5.74, 6) is 0.716. The fraction of sp³-hybridized carbons (Fsp3) is 0.455. The van der Waals surface area contributed by atoms with Crippen LogP contribution in [0.5, 0.6) is 5.75 Å². The van der Waals surface area contributed by atoms with E-state index < -0.39 is 0 Å². The van der Waals surface area contributed by atoms with Crippen molar-refractivity contribution in [1.29, 1.82) is 0 Å². The van der Waals surface area contributed by atoms with Gasteiger partial charge in [-0.2, -0.15) is 5.48 Å². The van der Waals surface area contributed by atoms with Crippen molar-refractivity contribution >= 4 is 11.6 Å². The summed E-state index contributed by atoms with van der Waals surface area (Å²) in [6.07, 6.45) is 0. The highest BCUT2D eigenvalue weighted by Gasteiger charge is 2.11. The number of ether oxygens (including phenoxy) is 1. The maximum Gasteiger partial charge on any atom is 0.138 e. The Bertz CT molecular complexity index is 353. The molecule has 1 aromatic rings. The number of aryl methyl sites for hydroxylation is 1. The molecule has 1 aromatic carbocycles. The molecule has 0 heterocycles. The average molecular weight is 230 g/mol. The van der Waals surface area contributed by atoms with Crippen molar-refractivity contribution in [3.8, 4) is 5.75 Å². The molecule has 0 atom stereocenters. The summed E-state index contributed by atoms with van der Waals surface area (Å²) in [6.45, 7) is 4.64. The average Bonchev–Trinajstić information content (AvgIpc) is 2.23. The molecule has 0 fully saturated rings. The fourth-order valence-electron chi connectivity index (χ4n) is 1.53. The Morgan fingerprint density at radius 2 is 2.00 bits per heavy atom. The molecule has 0 amide bonds. The smallest absolute Gasteiger partial charge is 0.138 e. The van der Waals surface area contributed by atoms with Crippen molar-refractivity contribution in [2.45, 2.75) is 20.4 Å². The zero-order valence-electron chi connectivity index (χ0n) is 9.48. The van der Waals surface area contributed by atoms with Crippen molar-refractivity contribution in [3.63, 3.8) is 0 Å². The zero-order chi connectivity index (χ0) is 11.4. The summed E-state index contributed by atoms with van der Waals surface area (Å²) in [7, 11) is 3.21. The third-order valence-corrected chi connectivity index (χ3v) is 2.90. The molecule has 0 saturated heterocycles. The molecule has 0 unspecified atom stereocenters. The lowest BCUT2D eigenvalue weighted by molar-refractivity contribution is 0.0864. The van der Waals surface area contributed by atoms with E-state index in [0.717, 1.165) is 16.7 Å². The molecule has 0 bridgehead atoms. The predicted molar refractivity (Wildman–Crippen MR) is 61.3 cm³/mol. The van der Waals surface area contributed by atoms with Gasteiger partial charge >= 0.3 is 0 Å². The normalized spacial score (nSPS) is 10.5. The van der Waals surface area contributed by atoms with Crippen LogP contribution in [0.1, 0.15) is 16.7 Å². The molecular formula is C11H16ClNO2. The molecule has 4 heteroatoms. The van der Waals surface area contributed by atoms with Crippen LogP contribution in [0.3, 0.4) is 0 Å². The summed E-state index contributed by atoms with van der Waals surface area (Å²) in [4.78, 5) is 4.83. The van der Waals surface area contributed by atoms with Crippen LogP contribution < -0.4 is 10.2 Å². The van der Waals surface area contributed by atoms with E-state index in [-0.39, 0.29) is 0 Å². The predicted octanol–water partition coefficient (Wildman–Crippen LogP) is 2.62. The summed E-state index contributed by atoms with van der Waals surface area (Å²) in [5.41, 5.74) is 6.12. The third-order valence-electron chi connectivity index (χ3n) is 2.44. The van der Waals surface area contributed by atoms with Gasteiger partial charge in [-0.05, 0) is 36.6 Å². The highest BCUT2D eigenvalue weighted by molar-refractivity contribution is 6.33. The highest BCUT2D eigenvalue weighted by Crippen LogP contribution is 2.32. The number of halogens is 1. The van der Waals surface area contributed by atoms with Crippen LogP contribution in [0.25, 0.3) is 0 Å². The van der Waals surface area contributed by atoms with E-state index in [1.54, 1.807) is 14.2 Å². The Kier molecular flexibility index (Phi) is 4.39. The summed E-state index contributed by atoms with van der Waals surface area (Å²) in [5, 5.41) is 0.663. The second-order valence-corrected chi connectivity index (χ2v) is 3.72. The van der Waals surface area contributed by atoms with Crippen molar-refractivity contribution in [2.75, 3.05) is 14.2 Å². The minimum absolute atomic E-state index is 0.637. The zero-order valence-corrected chi connectivity index (χ0v) is 10.2. The molecule has 3 nitrogen and oxygen atoms in total. The lowest BCUT2D eigenvalue weighted by Gasteiger charge is -2.14. The number of hydroxylamine groups is 1. The van der Waals surface area contributed by atoms with Crippen LogP contribution in [0.15, 0.2) is 6.07 Å². The first-order valence-electron chi connectivity index (χ1n) is 4.70. The largest absolute Gasteiger partial charge is 0.495 e. The third kappa shape index (κ3) is 2.62. The second-order valence-electron chi connectivity index (χ2n) is 3.34. The SMILES string of the molecule is CONCc1c(C)cc(OC)c(Cl)c1C. The van der Waals surface area contributed by atoms with Gasteiger partial charge < -0.3 is 9.57 Å². The van der Waals surface area contributed by atoms with Crippen LogP contribution in [0.2, 0.25) is 5.02 Å². The van der Waals surface area contributed by atoms with Gasteiger partial charge in [0.15, 0.2) is 0 Å². The van der Waals surface area contributed by atoms with Crippen LogP contribution in [0, 0.1) is 13.8 Å². The quantitative estimate of drug-likeness (QED) is 0.806. The topological polar surface area (TPSA) is 30.5 Å². The number of methoxy groups -OCH3 is 1. The summed E-state index contributed by atoms with van der Waals surface area (Å²) >= 11 is 6.16. The van der Waals surface area contributed by atoms with E-state index in [2.05, 4.69) is 5.48 Å². The van der Waals surface area contributed by atoms with Gasteiger partial charge in [0.05, 0.1) is 19.2 Å². The summed E-state index contributed by atoms with van der Waals surface area (Å²) in [6, 6.07) is 1.93. The van der Waals surface area contributed by atoms with Crippen LogP contribution in [-0.2, 0) is 11.4 Å². The number of hydrogen-bond donors (Lipinski definition) is 1. The molecule has 0 aliphatic carbocycles. The van der Waals surface area contributed by atoms with E-state index in [4.69, 9.17) is 21.2 Å². The van der Waals surface area contributed by atoms with Gasteiger partial charge in [-0.3, -0.25) is 0 Å². The Labute approximate surface area is 95.3 Å². The first kappa shape index (κ1) is 12.3. The lowest BCUT2D eigenvalue weighted by atomic mass is 10.0. The minimum Gasteiger partial charge on any atom is -0.495 e. The van der Waals surface area contributed by atoms with E-state index >= 15 is 0 Å². The lowest BCUT2D eigenvalue weighted by Crippen LogP contribution is -2.13. The number of rotatable bonds is 4. The van der Waals surface area contributed by atoms with Gasteiger partial charge in [-0.1, -0.05) is 11.6 Å². The van der Waals surface area contributed by atoms with Gasteiger partial charge in [0.1, 0.15) is 5.75 Å². The Balaban J connectivity index is 3.11. The van der Waals surface area contributed by atoms with Crippen molar-refractivity contribution in [2.24, 2.45) is 0 Å². The van der Waals surface area contributed by atoms with Crippen molar-refractivity contribution in [1.82, 2.24) is 5.48 Å². The van der Waals surface area contributed by atoms with Gasteiger partial charge in [0.25, 0.3) is 0 Å². The van der Waals surface area contributed by atoms with E-state index in [9.17, 15) is 0 Å². The maximum atomic E-state index is 6.16. The van der Waals surface area contributed by atoms with Gasteiger partial charge in [-0.15, -0.1) is 0 Å². The first-order chi connectivity index (χ1) is 7.11. The van der Waals surface area contributed by atoms with E-state index in [1.807, 2.05) is 19.9 Å². The molecule has 0 spiro atoms. The van der Waals surface area contributed by atoms with Crippen LogP contribution >= 0.6 is 11.6 Å². The number of nitrogens with one attached hydrogen (secondary N) is 1. The van der Waals surface area contributed by atoms with Crippen molar-refractivity contribution in [3.05, 3.63) is 27.8 Å². The molecule has 84 valence electrons. The Morgan fingerprint density at radius 1 is 1.33 bits per heavy atom. The fourth-order valence-corrected chi connectivity index (χ4v) is 1.77. The minimum atomic E-state index is 0.637. The van der Waals surface area contributed by atoms with Gasteiger partial charge in [0, 0.05) is 6.54 Å². The molecule has 0 aromatic heterocycles. The van der Waals surface area contributed by atoms with Crippen LogP contribution in [0.4, 0.5) is 0 Å². The molecule has 0 aliphatic rings. The molecule has 1 rings (SSSR count). The van der Waals surface area contributed by atoms with E-state index in [0.29, 0.717) is 17.3 Å². The summed E-state index contributed by atoms with van der Waals surface area (Å²) < 4.78 is 5.18. The molecule has 0 radical (unpaired) electrons. The van der Waals surface area contributed by atoms with E-state index in [1.165, 1.54) is 0 Å². The highest BCUT2D eigenvalue weighted by atomic mass is 35.5. The Hall–Kier alpha value is -0.770. The second kappa shape index (κ2) is 5.35. The molecule has 0 saturated carbocycles. The van der Waals surface area contributed by atoms with Gasteiger partial charge in [0.2, 0.25) is 0 Å². The van der Waals surface area contributed by atoms with Crippen molar-refractivity contribution < 1.29 is 9.57 Å². The monoisotopic (exact) mass is 229 g/mol. The molecule has 15 heavy (non-hydrogen) atoms. The number of benzene rings is 1. The standard InChI is InChI=1S/C11H16ClNO2/c1-7-5-10(14-3)11(12)8(2)9(7)6-13-15-4/h5,13H,6H2,1-4H3. The molecular weight excluding hydrogens is 214 g/mol. The Morgan fingerprint density at radius 3 is 2.53 bits per heavy atom. The van der Waals surface area contributed by atoms with Crippen LogP contribution in [-0.4, -0.2) is 14.2 Å². The number of hydrogen-bond acceptors (Lipinski definition) is 3.